The van der Waals surface area contributed by atoms with E-state index in [9.17, 15) is 26.7 Å². The average molecular weight is 810 g/mol. The van der Waals surface area contributed by atoms with Crippen LogP contribution in [-0.4, -0.2) is 29.0 Å². The van der Waals surface area contributed by atoms with E-state index in [1.54, 1.807) is 36.1 Å². The van der Waals surface area contributed by atoms with Gasteiger partial charge in [-0.2, -0.15) is 18.3 Å². The summed E-state index contributed by atoms with van der Waals surface area (Å²) in [5.74, 6) is -2.58. The van der Waals surface area contributed by atoms with E-state index in [2.05, 4.69) is 0 Å². The molecule has 11 heteroatoms. The van der Waals surface area contributed by atoms with E-state index in [1.165, 1.54) is 12.1 Å². The van der Waals surface area contributed by atoms with Crippen LogP contribution in [0.1, 0.15) is 33.4 Å². The summed E-state index contributed by atoms with van der Waals surface area (Å²) in [6.45, 7) is 0.293. The molecule has 0 saturated carbocycles. The number of hydrogen-bond donors (Lipinski definition) is 1. The van der Waals surface area contributed by atoms with Crippen LogP contribution in [0.4, 0.5) is 27.8 Å². The summed E-state index contributed by atoms with van der Waals surface area (Å²) >= 11 is 0. The van der Waals surface area contributed by atoms with Crippen molar-refractivity contribution in [2.75, 3.05) is 12.4 Å². The smallest absolute Gasteiger partial charge is 0.471 e. The highest BCUT2D eigenvalue weighted by atomic mass is 19.4. The van der Waals surface area contributed by atoms with E-state index < -0.39 is 29.3 Å². The SMILES string of the molecule is COc1ccc(COc2ccc(-c3c(Cc4cc(F)cc(F)c4)cccc3C(c3ccccc3)(c3ccccc3)n3nc(NC(=O)C(F)(F)F)c4ccccc43)cc2)cc1. The van der Waals surface area contributed by atoms with Crippen LogP contribution in [-0.2, 0) is 23.4 Å². The number of aromatic nitrogens is 2. The van der Waals surface area contributed by atoms with Crippen molar-refractivity contribution in [3.63, 3.8) is 0 Å². The lowest BCUT2D eigenvalue weighted by Crippen LogP contribution is -2.39. The zero-order chi connectivity index (χ0) is 41.9. The lowest BCUT2D eigenvalue weighted by atomic mass is 9.73. The van der Waals surface area contributed by atoms with Gasteiger partial charge < -0.3 is 14.8 Å². The summed E-state index contributed by atoms with van der Waals surface area (Å²) in [6, 6.07) is 49.6. The number of hydrogen-bond acceptors (Lipinski definition) is 4. The number of fused-ring (bicyclic) bond motifs is 1. The molecule has 0 atom stereocenters. The van der Waals surface area contributed by atoms with Crippen LogP contribution in [0.25, 0.3) is 22.0 Å². The zero-order valence-corrected chi connectivity index (χ0v) is 32.1. The Morgan fingerprint density at radius 3 is 1.88 bits per heavy atom. The van der Waals surface area contributed by atoms with E-state index in [0.717, 1.165) is 17.4 Å². The van der Waals surface area contributed by atoms with Gasteiger partial charge >= 0.3 is 12.1 Å². The highest BCUT2D eigenvalue weighted by molar-refractivity contribution is 6.02. The number of nitrogens with zero attached hydrogens (tertiary/aromatic N) is 2. The first-order valence-electron chi connectivity index (χ1n) is 19.0. The maximum Gasteiger partial charge on any atom is 0.471 e. The van der Waals surface area contributed by atoms with Gasteiger partial charge in [0.1, 0.15) is 35.3 Å². The van der Waals surface area contributed by atoms with Gasteiger partial charge in [0.2, 0.25) is 0 Å². The maximum absolute atomic E-state index is 14.7. The van der Waals surface area contributed by atoms with Crippen LogP contribution in [0.3, 0.4) is 0 Å². The quantitative estimate of drug-likeness (QED) is 0.0986. The van der Waals surface area contributed by atoms with E-state index in [4.69, 9.17) is 14.6 Å². The Bertz CT molecular complexity index is 2710. The summed E-state index contributed by atoms with van der Waals surface area (Å²) in [4.78, 5) is 12.5. The largest absolute Gasteiger partial charge is 0.497 e. The maximum atomic E-state index is 14.7. The van der Waals surface area contributed by atoms with Crippen molar-refractivity contribution in [2.24, 2.45) is 0 Å². The number of ether oxygens (including phenoxy) is 2. The molecule has 0 aliphatic heterocycles. The van der Waals surface area contributed by atoms with Gasteiger partial charge in [0.15, 0.2) is 5.82 Å². The third-order valence-corrected chi connectivity index (χ3v) is 10.3. The number of carbonyl (C=O) groups is 1. The second-order valence-electron chi connectivity index (χ2n) is 14.1. The second-order valence-corrected chi connectivity index (χ2v) is 14.1. The van der Waals surface area contributed by atoms with Crippen molar-refractivity contribution in [1.29, 1.82) is 0 Å². The van der Waals surface area contributed by atoms with Gasteiger partial charge in [0, 0.05) is 11.5 Å². The van der Waals surface area contributed by atoms with Gasteiger partial charge in [-0.25, -0.2) is 13.5 Å². The highest BCUT2D eigenvalue weighted by Gasteiger charge is 2.44. The van der Waals surface area contributed by atoms with Crippen molar-refractivity contribution in [2.45, 2.75) is 24.7 Å². The molecule has 1 aromatic heterocycles. The Morgan fingerprint density at radius 2 is 1.27 bits per heavy atom. The average Bonchev–Trinajstić information content (AvgIpc) is 3.62. The topological polar surface area (TPSA) is 65.4 Å². The highest BCUT2D eigenvalue weighted by Crippen LogP contribution is 2.48. The van der Waals surface area contributed by atoms with Crippen molar-refractivity contribution in [1.82, 2.24) is 9.78 Å². The van der Waals surface area contributed by atoms with Gasteiger partial charge in [0.25, 0.3) is 0 Å². The molecule has 0 spiro atoms. The number of anilines is 1. The van der Waals surface area contributed by atoms with Crippen LogP contribution in [0.15, 0.2) is 170 Å². The lowest BCUT2D eigenvalue weighted by Gasteiger charge is -2.39. The number of carbonyl (C=O) groups excluding carboxylic acids is 1. The monoisotopic (exact) mass is 809 g/mol. The molecule has 60 heavy (non-hydrogen) atoms. The molecule has 1 N–H and O–H groups in total. The minimum atomic E-state index is -5.18. The Labute approximate surface area is 342 Å². The number of amides is 1. The second kappa shape index (κ2) is 16.5. The van der Waals surface area contributed by atoms with Crippen LogP contribution in [0.5, 0.6) is 11.5 Å². The molecule has 0 unspecified atom stereocenters. The summed E-state index contributed by atoms with van der Waals surface area (Å²) < 4.78 is 83.8. The number of alkyl halides is 3. The van der Waals surface area contributed by atoms with Crippen molar-refractivity contribution in [3.05, 3.63) is 215 Å². The molecule has 1 amide bonds. The molecular weight excluding hydrogens is 774 g/mol. The van der Waals surface area contributed by atoms with Gasteiger partial charge in [-0.05, 0) is 99.5 Å². The van der Waals surface area contributed by atoms with Gasteiger partial charge in [-0.3, -0.25) is 4.79 Å². The minimum absolute atomic E-state index is 0.111. The fourth-order valence-electron chi connectivity index (χ4n) is 7.72. The molecule has 8 rings (SSSR count). The number of para-hydroxylation sites is 1. The minimum Gasteiger partial charge on any atom is -0.497 e. The first-order valence-corrected chi connectivity index (χ1v) is 19.0. The summed E-state index contributed by atoms with van der Waals surface area (Å²) in [7, 11) is 1.60. The molecule has 0 saturated heterocycles. The van der Waals surface area contributed by atoms with Gasteiger partial charge in [0.05, 0.1) is 12.6 Å². The number of methoxy groups -OCH3 is 1. The third-order valence-electron chi connectivity index (χ3n) is 10.3. The standard InChI is InChI=1S/C49H36F5N3O3/c1-59-40-23-19-32(20-24-40)31-60-41-25-21-34(22-26-41)45-35(27-33-28-38(50)30-39(51)29-33)11-10-17-43(45)48(36-12-4-2-5-13-36,37-14-6-3-7-15-37)57-44-18-9-8-16-42(44)46(56-57)55-47(58)49(52,53)54/h2-26,28-30H,27,31H2,1H3,(H,55,56,58). The normalized spacial score (nSPS) is 11.7. The molecule has 0 aliphatic rings. The Hall–Kier alpha value is -7.27. The first kappa shape index (κ1) is 39.6. The number of halogens is 5. The van der Waals surface area contributed by atoms with Crippen molar-refractivity contribution in [3.8, 4) is 22.6 Å². The first-order chi connectivity index (χ1) is 29.0. The van der Waals surface area contributed by atoms with Crippen molar-refractivity contribution < 1.29 is 36.2 Å². The lowest BCUT2D eigenvalue weighted by molar-refractivity contribution is -0.167. The molecule has 0 aliphatic carbocycles. The molecule has 1 heterocycles. The van der Waals surface area contributed by atoms with E-state index in [1.807, 2.05) is 133 Å². The summed E-state index contributed by atoms with van der Waals surface area (Å²) in [6.07, 6.45) is -5.07. The number of rotatable bonds is 12. The predicted molar refractivity (Wildman–Crippen MR) is 221 cm³/mol. The van der Waals surface area contributed by atoms with E-state index >= 15 is 0 Å². The van der Waals surface area contributed by atoms with Crippen LogP contribution >= 0.6 is 0 Å². The molecule has 0 fully saturated rings. The van der Waals surface area contributed by atoms with Crippen LogP contribution in [0.2, 0.25) is 0 Å². The fraction of sp³-hybridized carbons (Fsp3) is 0.102. The Morgan fingerprint density at radius 1 is 0.667 bits per heavy atom. The molecule has 7 aromatic carbocycles. The molecular formula is C49H36F5N3O3. The summed E-state index contributed by atoms with van der Waals surface area (Å²) in [5.41, 5.74) is 4.41. The Balaban J connectivity index is 1.39. The summed E-state index contributed by atoms with van der Waals surface area (Å²) in [5, 5.41) is 7.15. The third kappa shape index (κ3) is 7.81. The fourth-order valence-corrected chi connectivity index (χ4v) is 7.72. The van der Waals surface area contributed by atoms with Gasteiger partial charge in [-0.15, -0.1) is 0 Å². The Kier molecular flexibility index (Phi) is 10.9. The molecule has 300 valence electrons. The van der Waals surface area contributed by atoms with E-state index in [0.29, 0.717) is 56.8 Å². The van der Waals surface area contributed by atoms with Crippen molar-refractivity contribution >= 4 is 22.6 Å². The number of nitrogens with one attached hydrogen (secondary N) is 1. The van der Waals surface area contributed by atoms with Gasteiger partial charge in [-0.1, -0.05) is 115 Å². The molecule has 6 nitrogen and oxygen atoms in total. The number of benzene rings is 7. The molecule has 0 bridgehead atoms. The van der Waals surface area contributed by atoms with E-state index in [-0.39, 0.29) is 17.6 Å². The van der Waals surface area contributed by atoms with Crippen LogP contribution in [0, 0.1) is 11.6 Å². The molecule has 8 aromatic rings. The zero-order valence-electron chi connectivity index (χ0n) is 32.1. The predicted octanol–water partition coefficient (Wildman–Crippen LogP) is 11.5. The van der Waals surface area contributed by atoms with Crippen LogP contribution < -0.4 is 14.8 Å². The molecule has 0 radical (unpaired) electrons.